The van der Waals surface area contributed by atoms with Gasteiger partial charge in [-0.25, -0.2) is 14.8 Å². The molecule has 5 aromatic carbocycles. The number of aromatic nitrogens is 4. The summed E-state index contributed by atoms with van der Waals surface area (Å²) in [5.74, 6) is -1.16. The Bertz CT molecular complexity index is 4210. The first-order valence-corrected chi connectivity index (χ1v) is 26.0. The van der Waals surface area contributed by atoms with Crippen molar-refractivity contribution < 1.29 is 53.7 Å². The third kappa shape index (κ3) is 9.49. The zero-order valence-corrected chi connectivity index (χ0v) is 39.8. The van der Waals surface area contributed by atoms with Crippen molar-refractivity contribution in [3.05, 3.63) is 190 Å². The molecule has 5 heterocycles. The molecule has 0 amide bonds. The van der Waals surface area contributed by atoms with E-state index in [1.54, 1.807) is 60.7 Å². The summed E-state index contributed by atoms with van der Waals surface area (Å²) in [4.78, 5) is 36.1. The van der Waals surface area contributed by atoms with E-state index in [2.05, 4.69) is 4.98 Å². The molecule has 0 radical (unpaired) electrons. The first-order valence-electron chi connectivity index (χ1n) is 21.7. The van der Waals surface area contributed by atoms with Gasteiger partial charge in [-0.15, -0.1) is 0 Å². The van der Waals surface area contributed by atoms with Crippen LogP contribution in [0.1, 0.15) is 38.7 Å². The third-order valence-corrected chi connectivity index (χ3v) is 14.8. The molecule has 3 aromatic heterocycles. The van der Waals surface area contributed by atoms with Crippen LogP contribution in [0.5, 0.6) is 0 Å². The van der Waals surface area contributed by atoms with Crippen molar-refractivity contribution in [2.75, 3.05) is 0 Å². The molecule has 10 rings (SSSR count). The highest BCUT2D eigenvalue weighted by Gasteiger charge is 2.23. The molecule has 364 valence electrons. The van der Waals surface area contributed by atoms with Gasteiger partial charge in [-0.2, -0.15) is 25.3 Å². The summed E-state index contributed by atoms with van der Waals surface area (Å²) in [6, 6.07) is 35.8. The van der Waals surface area contributed by atoms with Crippen molar-refractivity contribution in [2.45, 2.75) is 21.2 Å². The Morgan fingerprint density at radius 1 is 0.534 bits per heavy atom. The van der Waals surface area contributed by atoms with Crippen molar-refractivity contribution in [1.82, 2.24) is 19.5 Å². The van der Waals surface area contributed by atoms with Crippen LogP contribution in [0.4, 0.5) is 5.69 Å². The van der Waals surface area contributed by atoms with Gasteiger partial charge in [0.1, 0.15) is 0 Å². The lowest BCUT2D eigenvalue weighted by Gasteiger charge is -2.14. The summed E-state index contributed by atoms with van der Waals surface area (Å²) in [5, 5.41) is 21.6. The molecule has 0 fully saturated rings. The zero-order valence-electron chi connectivity index (χ0n) is 37.3. The van der Waals surface area contributed by atoms with Crippen LogP contribution in [0.25, 0.3) is 90.9 Å². The first kappa shape index (κ1) is 48.0. The number of nitrogens with zero attached hydrogens (tertiary/aromatic N) is 4. The van der Waals surface area contributed by atoms with E-state index in [9.17, 15) is 58.9 Å². The minimum absolute atomic E-state index is 0.00412. The van der Waals surface area contributed by atoms with Crippen molar-refractivity contribution >= 4 is 88.4 Å². The molecule has 73 heavy (non-hydrogen) atoms. The van der Waals surface area contributed by atoms with Crippen LogP contribution < -0.4 is 0 Å². The predicted molar refractivity (Wildman–Crippen MR) is 273 cm³/mol. The molecule has 0 unspecified atom stereocenters. The molecule has 0 aliphatic carbocycles. The van der Waals surface area contributed by atoms with Crippen LogP contribution in [-0.2, 0) is 36.9 Å². The van der Waals surface area contributed by atoms with Gasteiger partial charge in [0.2, 0.25) is 0 Å². The number of rotatable bonds is 11. The van der Waals surface area contributed by atoms with E-state index in [0.717, 1.165) is 0 Å². The maximum absolute atomic E-state index is 12.3. The summed E-state index contributed by atoms with van der Waals surface area (Å²) < 4.78 is 105. The number of carboxylic acid groups (broad SMARTS) is 1. The first-order chi connectivity index (χ1) is 34.7. The minimum Gasteiger partial charge on any atom is -0.478 e. The number of fused-ring (bicyclic) bond motifs is 8. The number of non-ortho nitro benzene ring substituents is 1. The normalized spacial score (nSPS) is 12.5. The highest BCUT2D eigenvalue weighted by molar-refractivity contribution is 7.86. The average Bonchev–Trinajstić information content (AvgIpc) is 4.19. The number of hydrogen-bond acceptors (Lipinski definition) is 11. The van der Waals surface area contributed by atoms with E-state index in [1.807, 2.05) is 16.7 Å². The number of nitro groups is 1. The Morgan fingerprint density at radius 3 is 1.45 bits per heavy atom. The fraction of sp³-hybridized carbons (Fsp3) is 0.0192. The maximum Gasteiger partial charge on any atom is 0.335 e. The van der Waals surface area contributed by atoms with Crippen LogP contribution >= 0.6 is 0 Å². The van der Waals surface area contributed by atoms with Gasteiger partial charge >= 0.3 is 5.97 Å². The number of H-pyrrole nitrogens is 1. The lowest BCUT2D eigenvalue weighted by molar-refractivity contribution is -0.384. The SMILES string of the molecule is O=C(O)c1ccc(-c2c3nc(c(-c4ccc(S(=O)(=O)O)cc4)c4cc(-c5ccc(S(=O)(=O)O)cc5)c(cc5nc(c(-c6ccc(S(=O)(=O)O)cc6)c6ccc2n6Cc2ccc([N+](=O)[O-])cc2)C=C5)[nH]4)C=C3)cc1. The van der Waals surface area contributed by atoms with E-state index < -0.39 is 41.2 Å². The monoisotopic (exact) mass is 1030 g/mol. The fourth-order valence-corrected chi connectivity index (χ4v) is 10.2. The number of hydrogen-bond donors (Lipinski definition) is 5. The molecule has 5 N–H and O–H groups in total. The molecular formula is C52H35N5O13S3. The number of carboxylic acids is 1. The van der Waals surface area contributed by atoms with Crippen molar-refractivity contribution in [1.29, 1.82) is 0 Å². The standard InChI is InChI=1S/C52H35N5O13S3/c58-52(59)35-5-3-33(4-6-35)51-44-24-23-42(54-44)49(32-9-18-39(19-10-32)72(65,66)67)46-28-41(31-7-16-38(17-8-31)71(62,63)64)45(55-46)27-36-13-22-43(53-36)50(34-11-20-40(21-12-34)73(68,69)70)47-25-26-48(51)56(47)29-30-1-14-37(15-2-30)57(60)61/h1-28,55H,29H2,(H,58,59)(H,62,63,64)(H,65,66,67)(H,68,69,70). The molecular weight excluding hydrogens is 999 g/mol. The lowest BCUT2D eigenvalue weighted by Crippen LogP contribution is -2.03. The van der Waals surface area contributed by atoms with E-state index in [4.69, 9.17) is 9.97 Å². The molecule has 0 saturated carbocycles. The second kappa shape index (κ2) is 18.2. The summed E-state index contributed by atoms with van der Waals surface area (Å²) in [6.07, 6.45) is 6.97. The molecule has 0 spiro atoms. The van der Waals surface area contributed by atoms with Gasteiger partial charge in [-0.1, -0.05) is 60.7 Å². The molecule has 0 saturated heterocycles. The van der Waals surface area contributed by atoms with Crippen molar-refractivity contribution in [3.63, 3.8) is 0 Å². The lowest BCUT2D eigenvalue weighted by atomic mass is 10.0. The number of aromatic carboxylic acids is 1. The van der Waals surface area contributed by atoms with Gasteiger partial charge in [-0.05, 0) is 125 Å². The molecule has 8 aromatic rings. The smallest absolute Gasteiger partial charge is 0.335 e. The number of benzene rings is 5. The molecule has 21 heteroatoms. The van der Waals surface area contributed by atoms with Crippen molar-refractivity contribution in [2.24, 2.45) is 0 Å². The minimum atomic E-state index is -4.61. The van der Waals surface area contributed by atoms with Crippen LogP contribution in [0.3, 0.4) is 0 Å². The number of nitrogens with one attached hydrogen (secondary N) is 1. The van der Waals surface area contributed by atoms with E-state index >= 15 is 0 Å². The summed E-state index contributed by atoms with van der Waals surface area (Å²) in [5.41, 5.74) is 7.84. The Labute approximate surface area is 415 Å². The third-order valence-electron chi connectivity index (χ3n) is 12.2. The van der Waals surface area contributed by atoms with E-state index in [1.165, 1.54) is 97.1 Å². The van der Waals surface area contributed by atoms with Gasteiger partial charge < -0.3 is 14.7 Å². The largest absolute Gasteiger partial charge is 0.478 e. The topological polar surface area (TPSA) is 290 Å². The number of aromatic amines is 1. The molecule has 18 nitrogen and oxygen atoms in total. The fourth-order valence-electron chi connectivity index (χ4n) is 8.79. The van der Waals surface area contributed by atoms with Gasteiger partial charge in [0.15, 0.2) is 0 Å². The van der Waals surface area contributed by atoms with Crippen LogP contribution in [0.15, 0.2) is 160 Å². The van der Waals surface area contributed by atoms with Crippen LogP contribution in [-0.4, -0.2) is 74.4 Å². The Kier molecular flexibility index (Phi) is 11.9. The zero-order chi connectivity index (χ0) is 51.6. The summed E-state index contributed by atoms with van der Waals surface area (Å²) >= 11 is 0. The maximum atomic E-state index is 12.3. The van der Waals surface area contributed by atoms with Crippen LogP contribution in [0, 0.1) is 10.1 Å². The average molecular weight is 1030 g/mol. The molecule has 0 atom stereocenters. The summed E-state index contributed by atoms with van der Waals surface area (Å²) in [7, 11) is -13.8. The van der Waals surface area contributed by atoms with Gasteiger partial charge in [0, 0.05) is 52.0 Å². The number of carbonyl (C=O) groups is 1. The van der Waals surface area contributed by atoms with Crippen molar-refractivity contribution in [3.8, 4) is 44.5 Å². The Morgan fingerprint density at radius 2 is 0.973 bits per heavy atom. The molecule has 2 aliphatic heterocycles. The summed E-state index contributed by atoms with van der Waals surface area (Å²) in [6.45, 7) is 0.0765. The van der Waals surface area contributed by atoms with Gasteiger partial charge in [0.05, 0.1) is 59.0 Å². The molecule has 2 aliphatic rings. The number of nitro benzene ring substituents is 1. The quantitative estimate of drug-likeness (QED) is 0.0457. The molecule has 8 bridgehead atoms. The van der Waals surface area contributed by atoms with E-state index in [-0.39, 0.29) is 32.5 Å². The second-order valence-electron chi connectivity index (χ2n) is 16.7. The van der Waals surface area contributed by atoms with Gasteiger partial charge in [0.25, 0.3) is 36.0 Å². The van der Waals surface area contributed by atoms with Gasteiger partial charge in [-0.3, -0.25) is 23.8 Å². The predicted octanol–water partition coefficient (Wildman–Crippen LogP) is 10.2. The van der Waals surface area contributed by atoms with Crippen LogP contribution in [0.2, 0.25) is 0 Å². The Hall–Kier alpha value is -8.70. The Balaban J connectivity index is 1.39. The second-order valence-corrected chi connectivity index (χ2v) is 21.0. The highest BCUT2D eigenvalue weighted by atomic mass is 32.2. The highest BCUT2D eigenvalue weighted by Crippen LogP contribution is 2.40. The van der Waals surface area contributed by atoms with E-state index in [0.29, 0.717) is 94.9 Å².